The summed E-state index contributed by atoms with van der Waals surface area (Å²) < 4.78 is 5.41. The number of benzene rings is 2. The van der Waals surface area contributed by atoms with Crippen molar-refractivity contribution in [3.8, 4) is 5.75 Å². The largest absolute Gasteiger partial charge is 0.496 e. The summed E-state index contributed by atoms with van der Waals surface area (Å²) in [5, 5.41) is 3.18. The number of para-hydroxylation sites is 1. The molecule has 0 unspecified atom stereocenters. The van der Waals surface area contributed by atoms with Crippen LogP contribution in [0.1, 0.15) is 47.1 Å². The van der Waals surface area contributed by atoms with Crippen molar-refractivity contribution in [3.63, 3.8) is 0 Å². The monoisotopic (exact) mass is 420 g/mol. The van der Waals surface area contributed by atoms with E-state index in [9.17, 15) is 4.79 Å². The second-order valence-corrected chi connectivity index (χ2v) is 9.61. The van der Waals surface area contributed by atoms with Gasteiger partial charge in [0, 0.05) is 19.0 Å². The smallest absolute Gasteiger partial charge is 0.223 e. The number of carbonyl (C=O) groups excluding carboxylic acids is 1. The van der Waals surface area contributed by atoms with E-state index >= 15 is 0 Å². The molecule has 0 aromatic heterocycles. The number of likely N-dealkylation sites (tertiary alicyclic amines) is 1. The molecule has 1 aliphatic heterocycles. The van der Waals surface area contributed by atoms with E-state index in [0.29, 0.717) is 6.54 Å². The van der Waals surface area contributed by atoms with Crippen LogP contribution in [-0.2, 0) is 17.8 Å². The van der Waals surface area contributed by atoms with E-state index in [1.54, 1.807) is 7.11 Å². The van der Waals surface area contributed by atoms with Crippen molar-refractivity contribution >= 4 is 5.91 Å². The average molecular weight is 421 g/mol. The number of amides is 1. The van der Waals surface area contributed by atoms with Crippen LogP contribution in [0, 0.1) is 32.1 Å². The van der Waals surface area contributed by atoms with Gasteiger partial charge in [-0.25, -0.2) is 0 Å². The van der Waals surface area contributed by atoms with E-state index in [2.05, 4.69) is 49.2 Å². The zero-order valence-electron chi connectivity index (χ0n) is 19.5. The Morgan fingerprint density at radius 1 is 1.06 bits per heavy atom. The van der Waals surface area contributed by atoms with Crippen LogP contribution in [0.5, 0.6) is 5.75 Å². The van der Waals surface area contributed by atoms with Crippen LogP contribution >= 0.6 is 0 Å². The third-order valence-corrected chi connectivity index (χ3v) is 7.59. The lowest BCUT2D eigenvalue weighted by atomic mass is 9.90. The molecule has 166 valence electrons. The van der Waals surface area contributed by atoms with Crippen LogP contribution in [0.2, 0.25) is 0 Å². The van der Waals surface area contributed by atoms with E-state index in [-0.39, 0.29) is 17.2 Å². The molecular formula is C27H36N2O2. The second-order valence-electron chi connectivity index (χ2n) is 9.61. The Hall–Kier alpha value is -2.33. The van der Waals surface area contributed by atoms with Gasteiger partial charge in [-0.1, -0.05) is 30.3 Å². The molecule has 2 aromatic carbocycles. The summed E-state index contributed by atoms with van der Waals surface area (Å²) in [4.78, 5) is 15.3. The van der Waals surface area contributed by atoms with E-state index in [0.717, 1.165) is 56.6 Å². The fourth-order valence-corrected chi connectivity index (χ4v) is 5.21. The molecule has 1 saturated heterocycles. The Labute approximate surface area is 187 Å². The molecule has 1 spiro atoms. The van der Waals surface area contributed by atoms with Crippen LogP contribution in [-0.4, -0.2) is 37.6 Å². The van der Waals surface area contributed by atoms with E-state index in [1.807, 2.05) is 18.2 Å². The molecule has 0 bridgehead atoms. The Morgan fingerprint density at radius 2 is 1.77 bits per heavy atom. The Bertz CT molecular complexity index is 944. The van der Waals surface area contributed by atoms with Gasteiger partial charge in [-0.05, 0) is 98.8 Å². The fraction of sp³-hybridized carbons (Fsp3) is 0.519. The molecule has 2 aromatic rings. The summed E-state index contributed by atoms with van der Waals surface area (Å²) in [6, 6.07) is 12.7. The maximum absolute atomic E-state index is 12.8. The van der Waals surface area contributed by atoms with E-state index in [4.69, 9.17) is 4.74 Å². The molecule has 1 N–H and O–H groups in total. The number of nitrogens with one attached hydrogen (secondary N) is 1. The van der Waals surface area contributed by atoms with Crippen LogP contribution in [0.15, 0.2) is 36.4 Å². The molecule has 1 amide bonds. The fourth-order valence-electron chi connectivity index (χ4n) is 5.21. The zero-order chi connectivity index (χ0) is 22.0. The van der Waals surface area contributed by atoms with Gasteiger partial charge in [-0.15, -0.1) is 0 Å². The number of piperidine rings is 1. The SMILES string of the molecule is COc1ccccc1CCNC(=O)[C@@H]1CC12CCN(Cc1cc(C)c(C)cc1C)CC2. The molecule has 2 fully saturated rings. The number of hydrogen-bond donors (Lipinski definition) is 1. The summed E-state index contributed by atoms with van der Waals surface area (Å²) in [5.41, 5.74) is 6.98. The molecular weight excluding hydrogens is 384 g/mol. The van der Waals surface area contributed by atoms with Crippen LogP contribution in [0.3, 0.4) is 0 Å². The minimum Gasteiger partial charge on any atom is -0.496 e. The minimum absolute atomic E-state index is 0.204. The van der Waals surface area contributed by atoms with Crippen molar-refractivity contribution < 1.29 is 9.53 Å². The van der Waals surface area contributed by atoms with Gasteiger partial charge in [-0.3, -0.25) is 9.69 Å². The van der Waals surface area contributed by atoms with Gasteiger partial charge < -0.3 is 10.1 Å². The van der Waals surface area contributed by atoms with E-state index < -0.39 is 0 Å². The number of rotatable bonds is 7. The van der Waals surface area contributed by atoms with Crippen molar-refractivity contribution in [2.75, 3.05) is 26.7 Å². The zero-order valence-corrected chi connectivity index (χ0v) is 19.5. The maximum atomic E-state index is 12.8. The molecule has 1 saturated carbocycles. The van der Waals surface area contributed by atoms with Crippen LogP contribution < -0.4 is 10.1 Å². The third-order valence-electron chi connectivity index (χ3n) is 7.59. The Morgan fingerprint density at radius 3 is 2.52 bits per heavy atom. The van der Waals surface area contributed by atoms with Crippen LogP contribution in [0.4, 0.5) is 0 Å². The Balaban J connectivity index is 1.24. The normalized spacial score (nSPS) is 19.9. The predicted molar refractivity (Wildman–Crippen MR) is 125 cm³/mol. The number of aryl methyl sites for hydroxylation is 3. The number of ether oxygens (including phenoxy) is 1. The lowest BCUT2D eigenvalue weighted by molar-refractivity contribution is -0.123. The first-order valence-corrected chi connectivity index (χ1v) is 11.6. The van der Waals surface area contributed by atoms with E-state index in [1.165, 1.54) is 22.3 Å². The van der Waals surface area contributed by atoms with Gasteiger partial charge in [0.25, 0.3) is 0 Å². The Kier molecular flexibility index (Phi) is 6.38. The molecule has 4 heteroatoms. The summed E-state index contributed by atoms with van der Waals surface area (Å²) in [6.45, 7) is 10.5. The second kappa shape index (κ2) is 9.04. The summed E-state index contributed by atoms with van der Waals surface area (Å²) in [7, 11) is 1.69. The lowest BCUT2D eigenvalue weighted by Gasteiger charge is -2.33. The highest BCUT2D eigenvalue weighted by Gasteiger charge is 2.58. The summed E-state index contributed by atoms with van der Waals surface area (Å²) in [6.07, 6.45) is 4.14. The molecule has 4 rings (SSSR count). The molecule has 4 nitrogen and oxygen atoms in total. The first-order chi connectivity index (χ1) is 14.9. The minimum atomic E-state index is 0.204. The first kappa shape index (κ1) is 21.9. The van der Waals surface area contributed by atoms with Crippen molar-refractivity contribution in [3.05, 3.63) is 64.2 Å². The van der Waals surface area contributed by atoms with Crippen molar-refractivity contribution in [2.24, 2.45) is 11.3 Å². The molecule has 2 aliphatic rings. The topological polar surface area (TPSA) is 41.6 Å². The molecule has 1 atom stereocenters. The number of hydrogen-bond acceptors (Lipinski definition) is 3. The number of carbonyl (C=O) groups is 1. The molecule has 1 heterocycles. The predicted octanol–water partition coefficient (Wildman–Crippen LogP) is 4.58. The number of nitrogens with zero attached hydrogens (tertiary/aromatic N) is 1. The maximum Gasteiger partial charge on any atom is 0.223 e. The third kappa shape index (κ3) is 4.79. The van der Waals surface area contributed by atoms with Gasteiger partial charge in [-0.2, -0.15) is 0 Å². The highest BCUT2D eigenvalue weighted by Crippen LogP contribution is 2.59. The quantitative estimate of drug-likeness (QED) is 0.713. The van der Waals surface area contributed by atoms with Crippen molar-refractivity contribution in [1.82, 2.24) is 10.2 Å². The van der Waals surface area contributed by atoms with Crippen molar-refractivity contribution in [2.45, 2.75) is 53.0 Å². The molecule has 31 heavy (non-hydrogen) atoms. The molecule has 1 aliphatic carbocycles. The standard InChI is InChI=1S/C27H36N2O2/c1-19-15-21(3)23(16-20(19)2)18-29-13-10-27(11-14-29)17-24(27)26(30)28-12-9-22-7-5-6-8-25(22)31-4/h5-8,15-16,24H,9-14,17-18H2,1-4H3,(H,28,30)/t24-/m0/s1. The van der Waals surface area contributed by atoms with Crippen molar-refractivity contribution in [1.29, 1.82) is 0 Å². The first-order valence-electron chi connectivity index (χ1n) is 11.6. The lowest BCUT2D eigenvalue weighted by Crippen LogP contribution is -2.37. The highest BCUT2D eigenvalue weighted by molar-refractivity contribution is 5.82. The van der Waals surface area contributed by atoms with Gasteiger partial charge in [0.2, 0.25) is 5.91 Å². The van der Waals surface area contributed by atoms with Gasteiger partial charge in [0.05, 0.1) is 7.11 Å². The van der Waals surface area contributed by atoms with Gasteiger partial charge in [0.15, 0.2) is 0 Å². The van der Waals surface area contributed by atoms with Gasteiger partial charge >= 0.3 is 0 Å². The summed E-state index contributed by atoms with van der Waals surface area (Å²) in [5.74, 6) is 1.34. The summed E-state index contributed by atoms with van der Waals surface area (Å²) >= 11 is 0. The average Bonchev–Trinajstić information content (AvgIpc) is 3.47. The van der Waals surface area contributed by atoms with Crippen LogP contribution in [0.25, 0.3) is 0 Å². The van der Waals surface area contributed by atoms with Gasteiger partial charge in [0.1, 0.15) is 5.75 Å². The molecule has 0 radical (unpaired) electrons. The highest BCUT2D eigenvalue weighted by atomic mass is 16.5. The number of methoxy groups -OCH3 is 1.